The second kappa shape index (κ2) is 10.2. The lowest BCUT2D eigenvalue weighted by Crippen LogP contribution is -2.44. The summed E-state index contributed by atoms with van der Waals surface area (Å²) in [5, 5.41) is 12.3. The van der Waals surface area contributed by atoms with Gasteiger partial charge < -0.3 is 20.2 Å². The van der Waals surface area contributed by atoms with Gasteiger partial charge in [0.1, 0.15) is 11.0 Å². The van der Waals surface area contributed by atoms with Crippen molar-refractivity contribution in [2.45, 2.75) is 22.9 Å². The van der Waals surface area contributed by atoms with Gasteiger partial charge in [-0.3, -0.25) is 4.79 Å². The first kappa shape index (κ1) is 22.4. The van der Waals surface area contributed by atoms with E-state index >= 15 is 0 Å². The first-order valence-electron chi connectivity index (χ1n) is 10.2. The second-order valence-corrected chi connectivity index (χ2v) is 8.70. The van der Waals surface area contributed by atoms with Gasteiger partial charge in [-0.05, 0) is 24.1 Å². The topological polar surface area (TPSA) is 90.3 Å². The number of thioether (sulfide) groups is 1. The highest BCUT2D eigenvalue weighted by Crippen LogP contribution is 2.40. The lowest BCUT2D eigenvalue weighted by Gasteiger charge is -2.33. The Morgan fingerprint density at radius 1 is 1.22 bits per heavy atom. The van der Waals surface area contributed by atoms with Crippen LogP contribution in [0, 0.1) is 0 Å². The summed E-state index contributed by atoms with van der Waals surface area (Å²) in [6.45, 7) is 1.12. The zero-order chi connectivity index (χ0) is 22.5. The Morgan fingerprint density at radius 2 is 2.03 bits per heavy atom. The number of amides is 1. The third kappa shape index (κ3) is 4.69. The molecular formula is C22H24ClN5O3S. The number of hydrogen-bond donors (Lipinski definition) is 2. The van der Waals surface area contributed by atoms with Crippen LogP contribution >= 0.6 is 23.4 Å². The SMILES string of the molecule is COCCCNC(=O)[C@@H]1Sc2nnc(-c3ccccc3)n2N[C@@H]1c1ccc(OC)c(Cl)c1. The van der Waals surface area contributed by atoms with Gasteiger partial charge in [-0.25, -0.2) is 4.68 Å². The van der Waals surface area contributed by atoms with Crippen LogP contribution < -0.4 is 15.5 Å². The summed E-state index contributed by atoms with van der Waals surface area (Å²) in [5.41, 5.74) is 5.23. The van der Waals surface area contributed by atoms with Crippen LogP contribution in [0.2, 0.25) is 5.02 Å². The van der Waals surface area contributed by atoms with E-state index in [-0.39, 0.29) is 11.9 Å². The van der Waals surface area contributed by atoms with Crippen molar-refractivity contribution in [1.29, 1.82) is 0 Å². The average molecular weight is 474 g/mol. The minimum Gasteiger partial charge on any atom is -0.495 e. The number of nitrogens with zero attached hydrogens (tertiary/aromatic N) is 3. The third-order valence-corrected chi connectivity index (χ3v) is 6.60. The predicted octanol–water partition coefficient (Wildman–Crippen LogP) is 3.52. The highest BCUT2D eigenvalue weighted by molar-refractivity contribution is 8.00. The van der Waals surface area contributed by atoms with E-state index in [1.807, 2.05) is 47.1 Å². The van der Waals surface area contributed by atoms with Crippen LogP contribution in [-0.4, -0.2) is 53.4 Å². The summed E-state index contributed by atoms with van der Waals surface area (Å²) in [6.07, 6.45) is 0.737. The largest absolute Gasteiger partial charge is 0.495 e. The fraction of sp³-hybridized carbons (Fsp3) is 0.318. The molecule has 1 amide bonds. The summed E-state index contributed by atoms with van der Waals surface area (Å²) in [4.78, 5) is 13.1. The number of fused-ring (bicyclic) bond motifs is 1. The van der Waals surface area contributed by atoms with E-state index in [1.165, 1.54) is 11.8 Å². The van der Waals surface area contributed by atoms with Gasteiger partial charge in [0.2, 0.25) is 11.1 Å². The van der Waals surface area contributed by atoms with Crippen molar-refractivity contribution in [2.75, 3.05) is 32.8 Å². The predicted molar refractivity (Wildman–Crippen MR) is 125 cm³/mol. The Balaban J connectivity index is 1.67. The van der Waals surface area contributed by atoms with Gasteiger partial charge in [0.25, 0.3) is 0 Å². The van der Waals surface area contributed by atoms with Crippen LogP contribution in [0.15, 0.2) is 53.7 Å². The number of halogens is 1. The molecule has 2 aromatic carbocycles. The number of benzene rings is 2. The quantitative estimate of drug-likeness (QED) is 0.484. The zero-order valence-corrected chi connectivity index (χ0v) is 19.3. The number of ether oxygens (including phenoxy) is 2. The molecule has 1 aliphatic rings. The first-order valence-corrected chi connectivity index (χ1v) is 11.4. The van der Waals surface area contributed by atoms with E-state index < -0.39 is 5.25 Å². The minimum atomic E-state index is -0.470. The van der Waals surface area contributed by atoms with Crippen molar-refractivity contribution in [2.24, 2.45) is 0 Å². The van der Waals surface area contributed by atoms with Crippen molar-refractivity contribution in [3.63, 3.8) is 0 Å². The van der Waals surface area contributed by atoms with E-state index in [1.54, 1.807) is 20.3 Å². The van der Waals surface area contributed by atoms with E-state index in [4.69, 9.17) is 21.1 Å². The molecule has 0 saturated carbocycles. The second-order valence-electron chi connectivity index (χ2n) is 7.18. The molecule has 2 heterocycles. The molecule has 0 fully saturated rings. The summed E-state index contributed by atoms with van der Waals surface area (Å²) < 4.78 is 12.2. The smallest absolute Gasteiger partial charge is 0.236 e. The number of carbonyl (C=O) groups is 1. The molecular weight excluding hydrogens is 450 g/mol. The molecule has 4 rings (SSSR count). The Labute approximate surface area is 195 Å². The fourth-order valence-corrected chi connectivity index (χ4v) is 4.85. The highest BCUT2D eigenvalue weighted by atomic mass is 35.5. The summed E-state index contributed by atoms with van der Waals surface area (Å²) in [6, 6.07) is 15.0. The van der Waals surface area contributed by atoms with Crippen LogP contribution in [0.25, 0.3) is 11.4 Å². The molecule has 2 atom stereocenters. The Hall–Kier alpha value is -2.75. The van der Waals surface area contributed by atoms with Gasteiger partial charge in [-0.1, -0.05) is 59.8 Å². The van der Waals surface area contributed by atoms with Gasteiger partial charge in [0.15, 0.2) is 5.82 Å². The summed E-state index contributed by atoms with van der Waals surface area (Å²) in [7, 11) is 3.21. The lowest BCUT2D eigenvalue weighted by atomic mass is 10.0. The molecule has 1 aliphatic heterocycles. The summed E-state index contributed by atoms with van der Waals surface area (Å²) in [5.74, 6) is 1.16. The summed E-state index contributed by atoms with van der Waals surface area (Å²) >= 11 is 7.77. The van der Waals surface area contributed by atoms with Crippen molar-refractivity contribution in [3.05, 3.63) is 59.1 Å². The maximum absolute atomic E-state index is 13.1. The molecule has 3 aromatic rings. The molecule has 32 heavy (non-hydrogen) atoms. The molecule has 0 spiro atoms. The monoisotopic (exact) mass is 473 g/mol. The Morgan fingerprint density at radius 3 is 2.75 bits per heavy atom. The number of carbonyl (C=O) groups excluding carboxylic acids is 1. The van der Waals surface area contributed by atoms with E-state index in [0.29, 0.717) is 34.9 Å². The van der Waals surface area contributed by atoms with Crippen LogP contribution in [0.5, 0.6) is 5.75 Å². The van der Waals surface area contributed by atoms with Crippen LogP contribution in [-0.2, 0) is 9.53 Å². The molecule has 0 unspecified atom stereocenters. The molecule has 1 aromatic heterocycles. The maximum Gasteiger partial charge on any atom is 0.236 e. The fourth-order valence-electron chi connectivity index (χ4n) is 3.48. The van der Waals surface area contributed by atoms with Gasteiger partial charge in [0.05, 0.1) is 18.2 Å². The Kier molecular flexibility index (Phi) is 7.19. The van der Waals surface area contributed by atoms with Crippen LogP contribution in [0.4, 0.5) is 0 Å². The van der Waals surface area contributed by atoms with E-state index in [0.717, 1.165) is 17.5 Å². The molecule has 2 N–H and O–H groups in total. The van der Waals surface area contributed by atoms with Crippen molar-refractivity contribution < 1.29 is 14.3 Å². The molecule has 8 nitrogen and oxygen atoms in total. The first-order chi connectivity index (χ1) is 15.6. The standard InChI is InChI=1S/C22H24ClN5O3S/c1-30-12-6-11-24-21(29)19-18(15-9-10-17(31-2)16(23)13-15)27-28-20(25-26-22(28)32-19)14-7-4-3-5-8-14/h3-5,7-10,13,18-19,27H,6,11-12H2,1-2H3,(H,24,29)/t18-,19-/m1/s1. The number of methoxy groups -OCH3 is 2. The lowest BCUT2D eigenvalue weighted by molar-refractivity contribution is -0.121. The van der Waals surface area contributed by atoms with E-state index in [9.17, 15) is 4.79 Å². The van der Waals surface area contributed by atoms with Gasteiger partial charge in [-0.2, -0.15) is 0 Å². The average Bonchev–Trinajstić information content (AvgIpc) is 3.24. The number of hydrogen-bond acceptors (Lipinski definition) is 7. The number of nitrogens with one attached hydrogen (secondary N) is 2. The van der Waals surface area contributed by atoms with Crippen molar-refractivity contribution >= 4 is 29.3 Å². The Bertz CT molecular complexity index is 1080. The molecule has 168 valence electrons. The molecule has 0 saturated heterocycles. The van der Waals surface area contributed by atoms with Crippen molar-refractivity contribution in [1.82, 2.24) is 20.2 Å². The normalized spacial score (nSPS) is 17.3. The number of rotatable bonds is 8. The van der Waals surface area contributed by atoms with Gasteiger partial charge in [-0.15, -0.1) is 10.2 Å². The van der Waals surface area contributed by atoms with Gasteiger partial charge >= 0.3 is 0 Å². The maximum atomic E-state index is 13.1. The van der Waals surface area contributed by atoms with Crippen LogP contribution in [0.1, 0.15) is 18.0 Å². The number of aromatic nitrogens is 3. The highest BCUT2D eigenvalue weighted by Gasteiger charge is 2.38. The molecule has 0 bridgehead atoms. The zero-order valence-electron chi connectivity index (χ0n) is 17.7. The van der Waals surface area contributed by atoms with E-state index in [2.05, 4.69) is 20.9 Å². The molecule has 10 heteroatoms. The van der Waals surface area contributed by atoms with Crippen LogP contribution in [0.3, 0.4) is 0 Å². The van der Waals surface area contributed by atoms with Crippen molar-refractivity contribution in [3.8, 4) is 17.1 Å². The van der Waals surface area contributed by atoms with Gasteiger partial charge in [0, 0.05) is 25.8 Å². The molecule has 0 radical (unpaired) electrons. The molecule has 0 aliphatic carbocycles. The third-order valence-electron chi connectivity index (χ3n) is 5.09. The minimum absolute atomic E-state index is 0.0916.